The molecule has 1 aliphatic heterocycles. The summed E-state index contributed by atoms with van der Waals surface area (Å²) in [6.07, 6.45) is 0.995. The predicted molar refractivity (Wildman–Crippen MR) is 101 cm³/mol. The minimum atomic E-state index is -0.310. The number of aryl methyl sites for hydroxylation is 1. The molecule has 126 valence electrons. The van der Waals surface area contributed by atoms with Crippen molar-refractivity contribution in [3.63, 3.8) is 0 Å². The summed E-state index contributed by atoms with van der Waals surface area (Å²) in [6.45, 7) is 5.33. The van der Waals surface area contributed by atoms with E-state index < -0.39 is 0 Å². The minimum Gasteiger partial charge on any atom is -0.426 e. The quantitative estimate of drug-likeness (QED) is 0.508. The monoisotopic (exact) mass is 407 g/mol. The third kappa shape index (κ3) is 3.76. The standard InChI is InChI=1S/C19H19BrClNO2/c1-12-3-5-18(17(20)9-12)22-8-7-14(11-22)16-10-15(21)4-6-19(16)24-13(2)23/h3-6,9-10,14H,7-8,11H2,1-2H3. The first-order valence-electron chi connectivity index (χ1n) is 7.93. The SMILES string of the molecule is CC(=O)Oc1ccc(Cl)cc1C1CCN(c2ccc(C)cc2Br)C1. The van der Waals surface area contributed by atoms with Crippen LogP contribution >= 0.6 is 27.5 Å². The lowest BCUT2D eigenvalue weighted by atomic mass is 9.97. The summed E-state index contributed by atoms with van der Waals surface area (Å²) >= 11 is 9.83. The van der Waals surface area contributed by atoms with Gasteiger partial charge >= 0.3 is 5.97 Å². The van der Waals surface area contributed by atoms with E-state index in [0.717, 1.165) is 29.5 Å². The van der Waals surface area contributed by atoms with Gasteiger partial charge in [0.05, 0.1) is 5.69 Å². The number of esters is 1. The van der Waals surface area contributed by atoms with Gasteiger partial charge < -0.3 is 9.64 Å². The van der Waals surface area contributed by atoms with E-state index in [4.69, 9.17) is 16.3 Å². The van der Waals surface area contributed by atoms with Crippen LogP contribution in [0.15, 0.2) is 40.9 Å². The molecule has 1 aliphatic rings. The van der Waals surface area contributed by atoms with Crippen molar-refractivity contribution < 1.29 is 9.53 Å². The Hall–Kier alpha value is -1.52. The largest absolute Gasteiger partial charge is 0.426 e. The van der Waals surface area contributed by atoms with Gasteiger partial charge in [0, 0.05) is 41.0 Å². The van der Waals surface area contributed by atoms with Crippen molar-refractivity contribution in [3.05, 3.63) is 57.0 Å². The number of hydrogen-bond acceptors (Lipinski definition) is 3. The second-order valence-electron chi connectivity index (χ2n) is 6.16. The van der Waals surface area contributed by atoms with E-state index in [0.29, 0.717) is 10.8 Å². The fourth-order valence-corrected chi connectivity index (χ4v) is 4.11. The van der Waals surface area contributed by atoms with E-state index in [1.165, 1.54) is 18.2 Å². The van der Waals surface area contributed by atoms with E-state index >= 15 is 0 Å². The van der Waals surface area contributed by atoms with Gasteiger partial charge in [0.15, 0.2) is 0 Å². The summed E-state index contributed by atoms with van der Waals surface area (Å²) in [7, 11) is 0. The van der Waals surface area contributed by atoms with Gasteiger partial charge in [-0.15, -0.1) is 0 Å². The molecule has 1 unspecified atom stereocenters. The number of carbonyl (C=O) groups excluding carboxylic acids is 1. The van der Waals surface area contributed by atoms with Crippen molar-refractivity contribution in [2.45, 2.75) is 26.2 Å². The third-order valence-electron chi connectivity index (χ3n) is 4.30. The Morgan fingerprint density at radius 2 is 2.08 bits per heavy atom. The van der Waals surface area contributed by atoms with Gasteiger partial charge in [0.25, 0.3) is 0 Å². The number of anilines is 1. The van der Waals surface area contributed by atoms with Gasteiger partial charge in [-0.1, -0.05) is 17.7 Å². The minimum absolute atomic E-state index is 0.284. The normalized spacial score (nSPS) is 17.2. The zero-order valence-corrected chi connectivity index (χ0v) is 16.0. The molecule has 0 bridgehead atoms. The highest BCUT2D eigenvalue weighted by atomic mass is 79.9. The molecule has 3 rings (SSSR count). The molecule has 1 atom stereocenters. The summed E-state index contributed by atoms with van der Waals surface area (Å²) in [6, 6.07) is 11.9. The van der Waals surface area contributed by atoms with Gasteiger partial charge in [0.1, 0.15) is 5.75 Å². The average Bonchev–Trinajstić information content (AvgIpc) is 2.98. The lowest BCUT2D eigenvalue weighted by Crippen LogP contribution is -2.20. The molecule has 2 aromatic carbocycles. The number of benzene rings is 2. The van der Waals surface area contributed by atoms with Gasteiger partial charge in [-0.25, -0.2) is 0 Å². The van der Waals surface area contributed by atoms with Crippen LogP contribution in [0.5, 0.6) is 5.75 Å². The molecule has 5 heteroatoms. The van der Waals surface area contributed by atoms with Crippen LogP contribution in [0.3, 0.4) is 0 Å². The van der Waals surface area contributed by atoms with Crippen molar-refractivity contribution in [1.82, 2.24) is 0 Å². The topological polar surface area (TPSA) is 29.5 Å². The van der Waals surface area contributed by atoms with Crippen molar-refractivity contribution in [2.75, 3.05) is 18.0 Å². The van der Waals surface area contributed by atoms with Gasteiger partial charge in [-0.3, -0.25) is 4.79 Å². The zero-order valence-electron chi connectivity index (χ0n) is 13.7. The number of ether oxygens (including phenoxy) is 1. The van der Waals surface area contributed by atoms with Crippen LogP contribution in [-0.2, 0) is 4.79 Å². The first kappa shape index (κ1) is 17.3. The number of rotatable bonds is 3. The maximum atomic E-state index is 11.4. The molecule has 0 aliphatic carbocycles. The van der Waals surface area contributed by atoms with Crippen molar-refractivity contribution in [3.8, 4) is 5.75 Å². The smallest absolute Gasteiger partial charge is 0.308 e. The molecule has 0 radical (unpaired) electrons. The highest BCUT2D eigenvalue weighted by Crippen LogP contribution is 2.39. The Bertz CT molecular complexity index is 778. The van der Waals surface area contributed by atoms with Crippen molar-refractivity contribution in [1.29, 1.82) is 0 Å². The number of carbonyl (C=O) groups is 1. The Balaban J connectivity index is 1.85. The van der Waals surface area contributed by atoms with Crippen LogP contribution in [0.2, 0.25) is 5.02 Å². The fourth-order valence-electron chi connectivity index (χ4n) is 3.19. The van der Waals surface area contributed by atoms with E-state index in [-0.39, 0.29) is 11.9 Å². The molecule has 0 saturated carbocycles. The van der Waals surface area contributed by atoms with Crippen LogP contribution in [-0.4, -0.2) is 19.1 Å². The van der Waals surface area contributed by atoms with Crippen LogP contribution in [0.1, 0.15) is 30.4 Å². The Morgan fingerprint density at radius 1 is 1.29 bits per heavy atom. The Morgan fingerprint density at radius 3 is 2.79 bits per heavy atom. The first-order valence-corrected chi connectivity index (χ1v) is 9.10. The molecule has 2 aromatic rings. The summed E-state index contributed by atoms with van der Waals surface area (Å²) < 4.78 is 6.47. The van der Waals surface area contributed by atoms with Crippen LogP contribution in [0, 0.1) is 6.92 Å². The van der Waals surface area contributed by atoms with E-state index in [1.807, 2.05) is 6.07 Å². The van der Waals surface area contributed by atoms with Crippen molar-refractivity contribution in [2.24, 2.45) is 0 Å². The van der Waals surface area contributed by atoms with Gasteiger partial charge in [0.2, 0.25) is 0 Å². The summed E-state index contributed by atoms with van der Waals surface area (Å²) in [5.74, 6) is 0.586. The molecule has 0 aromatic heterocycles. The molecular formula is C19H19BrClNO2. The highest BCUT2D eigenvalue weighted by Gasteiger charge is 2.28. The lowest BCUT2D eigenvalue weighted by Gasteiger charge is -2.21. The molecule has 1 fully saturated rings. The first-order chi connectivity index (χ1) is 11.4. The molecule has 24 heavy (non-hydrogen) atoms. The van der Waals surface area contributed by atoms with Gasteiger partial charge in [-0.05, 0) is 65.2 Å². The van der Waals surface area contributed by atoms with Gasteiger partial charge in [-0.2, -0.15) is 0 Å². The van der Waals surface area contributed by atoms with Crippen LogP contribution < -0.4 is 9.64 Å². The summed E-state index contributed by atoms with van der Waals surface area (Å²) in [5.41, 5.74) is 3.43. The van der Waals surface area contributed by atoms with Crippen LogP contribution in [0.25, 0.3) is 0 Å². The van der Waals surface area contributed by atoms with Crippen molar-refractivity contribution >= 4 is 39.2 Å². The van der Waals surface area contributed by atoms with E-state index in [9.17, 15) is 4.79 Å². The Kier molecular flexibility index (Phi) is 5.16. The third-order valence-corrected chi connectivity index (χ3v) is 5.17. The van der Waals surface area contributed by atoms with E-state index in [2.05, 4.69) is 46.0 Å². The Labute approximate surface area is 155 Å². The molecule has 0 N–H and O–H groups in total. The second-order valence-corrected chi connectivity index (χ2v) is 7.45. The molecule has 1 heterocycles. The zero-order chi connectivity index (χ0) is 17.3. The van der Waals surface area contributed by atoms with E-state index in [1.54, 1.807) is 12.1 Å². The lowest BCUT2D eigenvalue weighted by molar-refractivity contribution is -0.131. The van der Waals surface area contributed by atoms with Crippen LogP contribution in [0.4, 0.5) is 5.69 Å². The number of nitrogens with zero attached hydrogens (tertiary/aromatic N) is 1. The molecule has 3 nitrogen and oxygen atoms in total. The molecule has 0 spiro atoms. The predicted octanol–water partition coefficient (Wildman–Crippen LogP) is 5.33. The summed E-state index contributed by atoms with van der Waals surface area (Å²) in [4.78, 5) is 13.7. The second kappa shape index (κ2) is 7.16. The molecule has 1 saturated heterocycles. The number of hydrogen-bond donors (Lipinski definition) is 0. The molecular weight excluding hydrogens is 390 g/mol. The highest BCUT2D eigenvalue weighted by molar-refractivity contribution is 9.10. The number of halogens is 2. The average molecular weight is 409 g/mol. The molecule has 0 amide bonds. The maximum absolute atomic E-state index is 11.4. The fraction of sp³-hybridized carbons (Fsp3) is 0.316. The summed E-state index contributed by atoms with van der Waals surface area (Å²) in [5, 5.41) is 0.663. The maximum Gasteiger partial charge on any atom is 0.308 e.